The standard InChI is InChI=1S/C14H13FN2S/c1-2-17-9-11-7-10(3-5-13(11)15)14-6-4-12(8-16)18-14/h3-7,17H,2,9H2,1H3. The van der Waals surface area contributed by atoms with E-state index in [9.17, 15) is 4.39 Å². The van der Waals surface area contributed by atoms with Crippen LogP contribution in [0.15, 0.2) is 30.3 Å². The zero-order chi connectivity index (χ0) is 13.0. The molecule has 4 heteroatoms. The van der Waals surface area contributed by atoms with E-state index in [-0.39, 0.29) is 5.82 Å². The van der Waals surface area contributed by atoms with Gasteiger partial charge in [-0.15, -0.1) is 11.3 Å². The molecule has 1 aromatic heterocycles. The molecule has 0 atom stereocenters. The molecule has 1 N–H and O–H groups in total. The molecule has 0 spiro atoms. The van der Waals surface area contributed by atoms with Crippen LogP contribution in [0.2, 0.25) is 0 Å². The van der Waals surface area contributed by atoms with Crippen molar-refractivity contribution in [1.29, 1.82) is 5.26 Å². The molecule has 0 fully saturated rings. The van der Waals surface area contributed by atoms with Gasteiger partial charge in [-0.25, -0.2) is 4.39 Å². The van der Waals surface area contributed by atoms with Crippen LogP contribution in [0, 0.1) is 17.1 Å². The molecule has 0 unspecified atom stereocenters. The first kappa shape index (κ1) is 12.7. The number of hydrogen-bond acceptors (Lipinski definition) is 3. The minimum Gasteiger partial charge on any atom is -0.313 e. The Kier molecular flexibility index (Phi) is 4.08. The van der Waals surface area contributed by atoms with E-state index in [1.54, 1.807) is 12.1 Å². The number of halogens is 1. The van der Waals surface area contributed by atoms with Crippen LogP contribution in [-0.2, 0) is 6.54 Å². The van der Waals surface area contributed by atoms with Gasteiger partial charge in [-0.2, -0.15) is 5.26 Å². The normalized spacial score (nSPS) is 10.3. The fourth-order valence-corrected chi connectivity index (χ4v) is 2.48. The third-order valence-corrected chi connectivity index (χ3v) is 3.65. The van der Waals surface area contributed by atoms with Crippen LogP contribution in [0.25, 0.3) is 10.4 Å². The molecule has 1 heterocycles. The van der Waals surface area contributed by atoms with Crippen LogP contribution < -0.4 is 5.32 Å². The largest absolute Gasteiger partial charge is 0.313 e. The zero-order valence-electron chi connectivity index (χ0n) is 10.0. The predicted octanol–water partition coefficient (Wildman–Crippen LogP) is 3.54. The highest BCUT2D eigenvalue weighted by Crippen LogP contribution is 2.29. The Morgan fingerprint density at radius 3 is 2.83 bits per heavy atom. The van der Waals surface area contributed by atoms with Crippen molar-refractivity contribution in [1.82, 2.24) is 5.32 Å². The lowest BCUT2D eigenvalue weighted by Gasteiger charge is -2.06. The van der Waals surface area contributed by atoms with Crippen molar-refractivity contribution in [2.24, 2.45) is 0 Å². The second-order valence-corrected chi connectivity index (χ2v) is 4.95. The summed E-state index contributed by atoms with van der Waals surface area (Å²) in [5, 5.41) is 11.9. The summed E-state index contributed by atoms with van der Waals surface area (Å²) < 4.78 is 13.6. The lowest BCUT2D eigenvalue weighted by Crippen LogP contribution is -2.12. The van der Waals surface area contributed by atoms with Crippen molar-refractivity contribution < 1.29 is 4.39 Å². The van der Waals surface area contributed by atoms with Gasteiger partial charge < -0.3 is 5.32 Å². The van der Waals surface area contributed by atoms with Gasteiger partial charge in [0.25, 0.3) is 0 Å². The maximum Gasteiger partial charge on any atom is 0.127 e. The van der Waals surface area contributed by atoms with Crippen LogP contribution in [0.3, 0.4) is 0 Å². The van der Waals surface area contributed by atoms with E-state index in [1.165, 1.54) is 17.4 Å². The average Bonchev–Trinajstić information content (AvgIpc) is 2.86. The van der Waals surface area contributed by atoms with Gasteiger partial charge in [-0.05, 0) is 36.4 Å². The molecule has 18 heavy (non-hydrogen) atoms. The van der Waals surface area contributed by atoms with Crippen molar-refractivity contribution >= 4 is 11.3 Å². The molecule has 0 aliphatic heterocycles. The summed E-state index contributed by atoms with van der Waals surface area (Å²) in [6.07, 6.45) is 0. The van der Waals surface area contributed by atoms with Crippen molar-refractivity contribution in [2.45, 2.75) is 13.5 Å². The van der Waals surface area contributed by atoms with Gasteiger partial charge in [0.1, 0.15) is 16.8 Å². The van der Waals surface area contributed by atoms with Gasteiger partial charge in [0.2, 0.25) is 0 Å². The minimum absolute atomic E-state index is 0.197. The van der Waals surface area contributed by atoms with Crippen molar-refractivity contribution in [3.63, 3.8) is 0 Å². The fourth-order valence-electron chi connectivity index (χ4n) is 1.68. The topological polar surface area (TPSA) is 35.8 Å². The van der Waals surface area contributed by atoms with Gasteiger partial charge in [0.05, 0.1) is 0 Å². The Bertz CT molecular complexity index is 584. The lowest BCUT2D eigenvalue weighted by atomic mass is 10.1. The summed E-state index contributed by atoms with van der Waals surface area (Å²) in [4.78, 5) is 1.66. The molecule has 1 aromatic carbocycles. The maximum atomic E-state index is 13.6. The highest BCUT2D eigenvalue weighted by molar-refractivity contribution is 7.16. The first-order valence-electron chi connectivity index (χ1n) is 5.74. The molecule has 0 amide bonds. The highest BCUT2D eigenvalue weighted by atomic mass is 32.1. The van der Waals surface area contributed by atoms with Crippen molar-refractivity contribution in [3.8, 4) is 16.5 Å². The number of nitrogens with zero attached hydrogens (tertiary/aromatic N) is 1. The number of thiophene rings is 1. The molecular formula is C14H13FN2S. The van der Waals surface area contributed by atoms with E-state index in [2.05, 4.69) is 11.4 Å². The smallest absolute Gasteiger partial charge is 0.127 e. The van der Waals surface area contributed by atoms with Crippen LogP contribution in [-0.4, -0.2) is 6.54 Å². The summed E-state index contributed by atoms with van der Waals surface area (Å²) in [5.41, 5.74) is 1.61. The SMILES string of the molecule is CCNCc1cc(-c2ccc(C#N)s2)ccc1F. The molecular weight excluding hydrogens is 247 g/mol. The molecule has 2 aromatic rings. The maximum absolute atomic E-state index is 13.6. The Labute approximate surface area is 110 Å². The van der Waals surface area contributed by atoms with E-state index in [0.29, 0.717) is 17.0 Å². The number of rotatable bonds is 4. The molecule has 2 nitrogen and oxygen atoms in total. The highest BCUT2D eigenvalue weighted by Gasteiger charge is 2.07. The Hall–Kier alpha value is -1.70. The summed E-state index contributed by atoms with van der Waals surface area (Å²) in [6, 6.07) is 10.9. The van der Waals surface area contributed by atoms with Crippen molar-refractivity contribution in [3.05, 3.63) is 46.6 Å². The molecule has 92 valence electrons. The molecule has 0 bridgehead atoms. The molecule has 0 saturated carbocycles. The summed E-state index contributed by atoms with van der Waals surface area (Å²) in [7, 11) is 0. The van der Waals surface area contributed by atoms with Crippen LogP contribution in [0.4, 0.5) is 4.39 Å². The Morgan fingerprint density at radius 1 is 1.33 bits per heavy atom. The second-order valence-electron chi connectivity index (χ2n) is 3.86. The van der Waals surface area contributed by atoms with E-state index >= 15 is 0 Å². The summed E-state index contributed by atoms with van der Waals surface area (Å²) in [6.45, 7) is 3.31. The third-order valence-electron chi connectivity index (χ3n) is 2.61. The average molecular weight is 260 g/mol. The van der Waals surface area contributed by atoms with Crippen LogP contribution in [0.5, 0.6) is 0 Å². The third kappa shape index (κ3) is 2.76. The number of nitrogens with one attached hydrogen (secondary N) is 1. The number of benzene rings is 1. The van der Waals surface area contributed by atoms with Crippen molar-refractivity contribution in [2.75, 3.05) is 6.54 Å². The fraction of sp³-hybridized carbons (Fsp3) is 0.214. The first-order valence-corrected chi connectivity index (χ1v) is 6.55. The molecule has 0 radical (unpaired) electrons. The molecule has 0 saturated heterocycles. The van der Waals surface area contributed by atoms with Crippen LogP contribution >= 0.6 is 11.3 Å². The van der Waals surface area contributed by atoms with E-state index < -0.39 is 0 Å². The zero-order valence-corrected chi connectivity index (χ0v) is 10.9. The molecule has 2 rings (SSSR count). The summed E-state index contributed by atoms with van der Waals surface area (Å²) >= 11 is 1.42. The van der Waals surface area contributed by atoms with Crippen LogP contribution in [0.1, 0.15) is 17.4 Å². The van der Waals surface area contributed by atoms with Gasteiger partial charge in [0.15, 0.2) is 0 Å². The lowest BCUT2D eigenvalue weighted by molar-refractivity contribution is 0.594. The number of hydrogen-bond donors (Lipinski definition) is 1. The van der Waals surface area contributed by atoms with Gasteiger partial charge in [0, 0.05) is 17.0 Å². The van der Waals surface area contributed by atoms with Gasteiger partial charge in [-0.1, -0.05) is 13.0 Å². The first-order chi connectivity index (χ1) is 8.74. The Morgan fingerprint density at radius 2 is 2.17 bits per heavy atom. The molecule has 0 aliphatic carbocycles. The van der Waals surface area contributed by atoms with Gasteiger partial charge >= 0.3 is 0 Å². The van der Waals surface area contributed by atoms with E-state index in [0.717, 1.165) is 17.0 Å². The van der Waals surface area contributed by atoms with Gasteiger partial charge in [-0.3, -0.25) is 0 Å². The predicted molar refractivity (Wildman–Crippen MR) is 71.8 cm³/mol. The monoisotopic (exact) mass is 260 g/mol. The number of nitriles is 1. The van der Waals surface area contributed by atoms with E-state index in [1.807, 2.05) is 19.1 Å². The van der Waals surface area contributed by atoms with E-state index in [4.69, 9.17) is 5.26 Å². The second kappa shape index (κ2) is 5.76. The quantitative estimate of drug-likeness (QED) is 0.912. The summed E-state index contributed by atoms with van der Waals surface area (Å²) in [5.74, 6) is -0.197. The minimum atomic E-state index is -0.197. The Balaban J connectivity index is 2.31. The molecule has 0 aliphatic rings.